The van der Waals surface area contributed by atoms with Gasteiger partial charge in [0.1, 0.15) is 13.2 Å². The van der Waals surface area contributed by atoms with Crippen molar-refractivity contribution >= 4 is 17.9 Å². The van der Waals surface area contributed by atoms with E-state index in [-0.39, 0.29) is 31.1 Å². The van der Waals surface area contributed by atoms with Gasteiger partial charge < -0.3 is 14.2 Å². The van der Waals surface area contributed by atoms with E-state index in [2.05, 4.69) is 41.5 Å². The van der Waals surface area contributed by atoms with Gasteiger partial charge in [0.15, 0.2) is 6.10 Å². The number of rotatable bonds is 40. The summed E-state index contributed by atoms with van der Waals surface area (Å²) in [5.41, 5.74) is 0. The van der Waals surface area contributed by atoms with Gasteiger partial charge in [0.05, 0.1) is 0 Å². The molecular weight excluding hydrogens is 661 g/mol. The molecule has 0 aromatic heterocycles. The summed E-state index contributed by atoms with van der Waals surface area (Å²) in [4.78, 5) is 37.7. The zero-order chi connectivity index (χ0) is 39.2. The molecular formula is C47H90O6. The van der Waals surface area contributed by atoms with Crippen molar-refractivity contribution < 1.29 is 28.6 Å². The fourth-order valence-corrected chi connectivity index (χ4v) is 6.81. The first-order chi connectivity index (χ1) is 25.7. The van der Waals surface area contributed by atoms with Crippen LogP contribution in [0, 0.1) is 17.8 Å². The normalized spacial score (nSPS) is 13.2. The average Bonchev–Trinajstić information content (AvgIpc) is 3.14. The smallest absolute Gasteiger partial charge is 0.306 e. The van der Waals surface area contributed by atoms with Crippen molar-refractivity contribution in [3.63, 3.8) is 0 Å². The van der Waals surface area contributed by atoms with Crippen molar-refractivity contribution in [3.8, 4) is 0 Å². The van der Waals surface area contributed by atoms with E-state index < -0.39 is 6.10 Å². The van der Waals surface area contributed by atoms with Crippen LogP contribution < -0.4 is 0 Å². The quantitative estimate of drug-likeness (QED) is 0.0352. The van der Waals surface area contributed by atoms with Crippen molar-refractivity contribution in [2.24, 2.45) is 17.8 Å². The zero-order valence-corrected chi connectivity index (χ0v) is 36.3. The van der Waals surface area contributed by atoms with Crippen molar-refractivity contribution in [1.29, 1.82) is 0 Å². The van der Waals surface area contributed by atoms with E-state index in [1.807, 2.05) is 0 Å². The highest BCUT2D eigenvalue weighted by Crippen LogP contribution is 2.18. The summed E-state index contributed by atoms with van der Waals surface area (Å²) < 4.78 is 16.7. The molecule has 0 aromatic carbocycles. The molecule has 6 heteroatoms. The lowest BCUT2D eigenvalue weighted by Crippen LogP contribution is -2.30. The zero-order valence-electron chi connectivity index (χ0n) is 36.3. The first-order valence-electron chi connectivity index (χ1n) is 23.2. The van der Waals surface area contributed by atoms with Gasteiger partial charge in [-0.3, -0.25) is 14.4 Å². The lowest BCUT2D eigenvalue weighted by atomic mass is 9.99. The molecule has 0 N–H and O–H groups in total. The Morgan fingerprint density at radius 1 is 0.377 bits per heavy atom. The fraction of sp³-hybridized carbons (Fsp3) is 0.936. The summed E-state index contributed by atoms with van der Waals surface area (Å²) in [5, 5.41) is 0. The summed E-state index contributed by atoms with van der Waals surface area (Å²) >= 11 is 0. The van der Waals surface area contributed by atoms with Crippen molar-refractivity contribution in [1.82, 2.24) is 0 Å². The Balaban J connectivity index is 4.35. The second-order valence-electron chi connectivity index (χ2n) is 17.0. The second-order valence-corrected chi connectivity index (χ2v) is 17.0. The van der Waals surface area contributed by atoms with Gasteiger partial charge in [-0.1, -0.05) is 208 Å². The minimum Gasteiger partial charge on any atom is -0.462 e. The van der Waals surface area contributed by atoms with Crippen LogP contribution in [0.3, 0.4) is 0 Å². The van der Waals surface area contributed by atoms with E-state index >= 15 is 0 Å². The fourth-order valence-electron chi connectivity index (χ4n) is 6.81. The van der Waals surface area contributed by atoms with Crippen LogP contribution >= 0.6 is 0 Å². The van der Waals surface area contributed by atoms with E-state index in [1.54, 1.807) is 0 Å². The number of carbonyl (C=O) groups excluding carboxylic acids is 3. The molecule has 0 saturated carbocycles. The predicted octanol–water partition coefficient (Wildman–Crippen LogP) is 14.4. The number of ether oxygens (including phenoxy) is 3. The SMILES string of the molecule is CCC(C)CCCCCCCCCCCCC(=O)OC[C@H](COC(=O)CCCCCCCCC(C)CC)OC(=O)CCCCCCCCCCC(C)C. The summed E-state index contributed by atoms with van der Waals surface area (Å²) in [7, 11) is 0. The molecule has 53 heavy (non-hydrogen) atoms. The maximum absolute atomic E-state index is 12.7. The molecule has 2 unspecified atom stereocenters. The van der Waals surface area contributed by atoms with Gasteiger partial charge in [0.25, 0.3) is 0 Å². The molecule has 314 valence electrons. The van der Waals surface area contributed by atoms with E-state index in [4.69, 9.17) is 14.2 Å². The molecule has 0 spiro atoms. The molecule has 0 aliphatic heterocycles. The van der Waals surface area contributed by atoms with Crippen LogP contribution in [0.5, 0.6) is 0 Å². The topological polar surface area (TPSA) is 78.9 Å². The first-order valence-corrected chi connectivity index (χ1v) is 23.2. The molecule has 6 nitrogen and oxygen atoms in total. The van der Waals surface area contributed by atoms with Crippen LogP contribution in [0.25, 0.3) is 0 Å². The van der Waals surface area contributed by atoms with Crippen LogP contribution in [0.15, 0.2) is 0 Å². The summed E-state index contributed by atoms with van der Waals surface area (Å²) in [6, 6.07) is 0. The Bertz CT molecular complexity index is 826. The standard InChI is InChI=1S/C47H90O6/c1-7-42(5)34-28-22-16-11-9-10-12-17-24-30-36-45(48)51-39-44(40-52-46(49)37-31-25-20-19-23-29-35-43(6)8-2)53-47(50)38-32-26-18-14-13-15-21-27-33-41(3)4/h41-44H,7-40H2,1-6H3/t42?,43?,44-/m1/s1. The highest BCUT2D eigenvalue weighted by Gasteiger charge is 2.19. The van der Waals surface area contributed by atoms with Crippen molar-refractivity contribution in [3.05, 3.63) is 0 Å². The maximum atomic E-state index is 12.7. The Morgan fingerprint density at radius 2 is 0.660 bits per heavy atom. The third-order valence-corrected chi connectivity index (χ3v) is 11.1. The van der Waals surface area contributed by atoms with Crippen LogP contribution in [0.1, 0.15) is 247 Å². The van der Waals surface area contributed by atoms with Crippen molar-refractivity contribution in [2.45, 2.75) is 253 Å². The minimum absolute atomic E-state index is 0.0668. The molecule has 0 aromatic rings. The maximum Gasteiger partial charge on any atom is 0.306 e. The van der Waals surface area contributed by atoms with Gasteiger partial charge in [0.2, 0.25) is 0 Å². The Hall–Kier alpha value is -1.59. The highest BCUT2D eigenvalue weighted by atomic mass is 16.6. The van der Waals surface area contributed by atoms with Crippen molar-refractivity contribution in [2.75, 3.05) is 13.2 Å². The van der Waals surface area contributed by atoms with E-state index in [0.29, 0.717) is 19.3 Å². The molecule has 0 saturated heterocycles. The molecule has 0 radical (unpaired) electrons. The lowest BCUT2D eigenvalue weighted by molar-refractivity contribution is -0.167. The van der Waals surface area contributed by atoms with E-state index in [0.717, 1.165) is 75.5 Å². The van der Waals surface area contributed by atoms with Gasteiger partial charge in [-0.05, 0) is 37.0 Å². The number of esters is 3. The Kier molecular flexibility index (Phi) is 37.5. The average molecular weight is 751 g/mol. The number of hydrogen-bond acceptors (Lipinski definition) is 6. The van der Waals surface area contributed by atoms with Crippen LogP contribution in [0.2, 0.25) is 0 Å². The van der Waals surface area contributed by atoms with Gasteiger partial charge in [0, 0.05) is 19.3 Å². The predicted molar refractivity (Wildman–Crippen MR) is 224 cm³/mol. The number of unbranched alkanes of at least 4 members (excludes halogenated alkanes) is 21. The number of carbonyl (C=O) groups is 3. The van der Waals surface area contributed by atoms with Crippen LogP contribution in [-0.2, 0) is 28.6 Å². The molecule has 0 fully saturated rings. The largest absolute Gasteiger partial charge is 0.462 e. The van der Waals surface area contributed by atoms with Gasteiger partial charge in [-0.25, -0.2) is 0 Å². The van der Waals surface area contributed by atoms with Crippen LogP contribution in [-0.4, -0.2) is 37.2 Å². The van der Waals surface area contributed by atoms with E-state index in [9.17, 15) is 14.4 Å². The number of hydrogen-bond donors (Lipinski definition) is 0. The second kappa shape index (κ2) is 38.7. The molecule has 0 rings (SSSR count). The van der Waals surface area contributed by atoms with Gasteiger partial charge in [-0.2, -0.15) is 0 Å². The highest BCUT2D eigenvalue weighted by molar-refractivity contribution is 5.71. The molecule has 0 bridgehead atoms. The summed E-state index contributed by atoms with van der Waals surface area (Å²) in [6.07, 6.45) is 35.2. The summed E-state index contributed by atoms with van der Waals surface area (Å²) in [6.45, 7) is 13.6. The molecule has 0 aliphatic carbocycles. The molecule has 0 amide bonds. The first kappa shape index (κ1) is 51.4. The van der Waals surface area contributed by atoms with E-state index in [1.165, 1.54) is 128 Å². The Labute approximate surface area is 329 Å². The minimum atomic E-state index is -0.762. The van der Waals surface area contributed by atoms with Gasteiger partial charge in [-0.15, -0.1) is 0 Å². The third kappa shape index (κ3) is 38.5. The van der Waals surface area contributed by atoms with Gasteiger partial charge >= 0.3 is 17.9 Å². The molecule has 0 heterocycles. The monoisotopic (exact) mass is 751 g/mol. The lowest BCUT2D eigenvalue weighted by Gasteiger charge is -2.18. The van der Waals surface area contributed by atoms with Crippen LogP contribution in [0.4, 0.5) is 0 Å². The third-order valence-electron chi connectivity index (χ3n) is 11.1. The Morgan fingerprint density at radius 3 is 0.981 bits per heavy atom. The molecule has 0 aliphatic rings. The summed E-state index contributed by atoms with van der Waals surface area (Å²) in [5.74, 6) is 1.61. The molecule has 3 atom stereocenters.